The number of rotatable bonds is 9. The van der Waals surface area contributed by atoms with Gasteiger partial charge >= 0.3 is 0 Å². The van der Waals surface area contributed by atoms with Crippen LogP contribution in [0.1, 0.15) is 25.8 Å². The second-order valence-corrected chi connectivity index (χ2v) is 10.2. The van der Waals surface area contributed by atoms with Gasteiger partial charge in [-0.05, 0) is 44.5 Å². The van der Waals surface area contributed by atoms with Crippen LogP contribution in [0.3, 0.4) is 0 Å². The number of β-amino-alcohol motifs (C(OH)–C–C–N with tert-alkyl or cyclic N) is 1. The van der Waals surface area contributed by atoms with E-state index in [0.717, 1.165) is 40.9 Å². The van der Waals surface area contributed by atoms with E-state index in [9.17, 15) is 9.90 Å². The first-order valence-corrected chi connectivity index (χ1v) is 13.0. The lowest BCUT2D eigenvalue weighted by Crippen LogP contribution is -2.46. The van der Waals surface area contributed by atoms with Crippen molar-refractivity contribution in [1.29, 1.82) is 0 Å². The Kier molecular flexibility index (Phi) is 7.53. The van der Waals surface area contributed by atoms with E-state index >= 15 is 4.39 Å². The number of aliphatic hydroxyl groups excluding tert-OH is 1. The molecule has 9 nitrogen and oxygen atoms in total. The summed E-state index contributed by atoms with van der Waals surface area (Å²) in [4.78, 5) is 24.6. The van der Waals surface area contributed by atoms with E-state index in [1.165, 1.54) is 0 Å². The number of ketones is 1. The van der Waals surface area contributed by atoms with Crippen molar-refractivity contribution in [2.24, 2.45) is 13.0 Å². The van der Waals surface area contributed by atoms with Crippen molar-refractivity contribution in [3.05, 3.63) is 60.6 Å². The predicted octanol–water partition coefficient (Wildman–Crippen LogP) is 3.27. The Bertz CT molecular complexity index is 1430. The minimum absolute atomic E-state index is 0.0712. The highest BCUT2D eigenvalue weighted by Crippen LogP contribution is 2.29. The monoisotopic (exact) mass is 519 g/mol. The van der Waals surface area contributed by atoms with E-state index in [1.54, 1.807) is 30.2 Å². The Morgan fingerprint density at radius 2 is 2.08 bits per heavy atom. The number of aliphatic hydroxyl groups is 1. The lowest BCUT2D eigenvalue weighted by Gasteiger charge is -2.35. The van der Waals surface area contributed by atoms with Crippen LogP contribution in [0.4, 0.5) is 10.2 Å². The van der Waals surface area contributed by atoms with Gasteiger partial charge in [0, 0.05) is 62.7 Å². The number of anilines is 1. The number of hydrogen-bond donors (Lipinski definition) is 1. The molecule has 1 fully saturated rings. The van der Waals surface area contributed by atoms with Crippen molar-refractivity contribution in [3.63, 3.8) is 0 Å². The topological polar surface area (TPSA) is 92.3 Å². The second kappa shape index (κ2) is 11.0. The molecule has 0 radical (unpaired) electrons. The van der Waals surface area contributed by atoms with E-state index in [-0.39, 0.29) is 17.5 Å². The molecule has 3 aromatic heterocycles. The average Bonchev–Trinajstić information content (AvgIpc) is 3.51. The lowest BCUT2D eigenvalue weighted by atomic mass is 9.93. The Balaban J connectivity index is 1.33. The fraction of sp³-hybridized carbons (Fsp3) is 0.429. The fourth-order valence-corrected chi connectivity index (χ4v) is 5.33. The first-order valence-electron chi connectivity index (χ1n) is 13.0. The number of piperidine rings is 1. The van der Waals surface area contributed by atoms with Gasteiger partial charge < -0.3 is 14.6 Å². The van der Waals surface area contributed by atoms with Crippen molar-refractivity contribution in [2.45, 2.75) is 39.5 Å². The van der Waals surface area contributed by atoms with Crippen molar-refractivity contribution < 1.29 is 14.3 Å². The number of aromatic nitrogens is 5. The zero-order valence-corrected chi connectivity index (χ0v) is 22.1. The standard InChI is InChI=1S/C28H34FN7O2/c1-4-35(15-21-6-5-20(11-25(21)29)23-12-32-33(3)14-23)27-24-8-10-36(28(24)31-18-30-27)16-22-7-9-34(13-19(2)37)17-26(22)38/h5-6,8,10-12,14,18,22,26,38H,4,7,9,13,15-17H2,1-3H3. The number of likely N-dealkylation sites (tertiary alicyclic amines) is 1. The fourth-order valence-electron chi connectivity index (χ4n) is 5.33. The van der Waals surface area contributed by atoms with Gasteiger partial charge in [0.1, 0.15) is 29.4 Å². The molecule has 4 heterocycles. The molecule has 200 valence electrons. The molecule has 1 saturated heterocycles. The first-order chi connectivity index (χ1) is 18.3. The van der Waals surface area contributed by atoms with Gasteiger partial charge in [-0.15, -0.1) is 0 Å². The number of nitrogens with zero attached hydrogens (tertiary/aromatic N) is 7. The highest BCUT2D eigenvalue weighted by molar-refractivity contribution is 5.88. The summed E-state index contributed by atoms with van der Waals surface area (Å²) in [5.41, 5.74) is 3.04. The van der Waals surface area contributed by atoms with E-state index in [2.05, 4.69) is 19.6 Å². The minimum atomic E-state index is -0.508. The van der Waals surface area contributed by atoms with Gasteiger partial charge in [-0.3, -0.25) is 14.4 Å². The zero-order chi connectivity index (χ0) is 26.8. The molecule has 1 N–H and O–H groups in total. The SMILES string of the molecule is CCN(Cc1ccc(-c2cnn(C)c2)cc1F)c1ncnc2c1ccn2CC1CCN(CC(C)=O)CC1O. The molecule has 10 heteroatoms. The molecule has 0 spiro atoms. The molecular weight excluding hydrogens is 485 g/mol. The third-order valence-corrected chi connectivity index (χ3v) is 7.35. The predicted molar refractivity (Wildman–Crippen MR) is 144 cm³/mol. The summed E-state index contributed by atoms with van der Waals surface area (Å²) in [6.07, 6.45) is 7.42. The van der Waals surface area contributed by atoms with Crippen molar-refractivity contribution in [3.8, 4) is 11.1 Å². The number of benzene rings is 1. The van der Waals surface area contributed by atoms with E-state index in [0.29, 0.717) is 38.3 Å². The summed E-state index contributed by atoms with van der Waals surface area (Å²) < 4.78 is 18.9. The van der Waals surface area contributed by atoms with Gasteiger partial charge in [-0.25, -0.2) is 14.4 Å². The van der Waals surface area contributed by atoms with Crippen LogP contribution < -0.4 is 4.90 Å². The van der Waals surface area contributed by atoms with Crippen molar-refractivity contribution >= 4 is 22.6 Å². The van der Waals surface area contributed by atoms with Crippen molar-refractivity contribution in [1.82, 2.24) is 29.2 Å². The number of hydrogen-bond acceptors (Lipinski definition) is 7. The molecule has 0 saturated carbocycles. The molecule has 0 amide bonds. The molecule has 4 aromatic rings. The number of fused-ring (bicyclic) bond motifs is 1. The Hall–Kier alpha value is -3.63. The summed E-state index contributed by atoms with van der Waals surface area (Å²) in [5, 5.41) is 15.8. The maximum Gasteiger partial charge on any atom is 0.145 e. The van der Waals surface area contributed by atoms with Crippen LogP contribution in [0.5, 0.6) is 0 Å². The lowest BCUT2D eigenvalue weighted by molar-refractivity contribution is -0.119. The van der Waals surface area contributed by atoms with Crippen LogP contribution in [0.25, 0.3) is 22.2 Å². The van der Waals surface area contributed by atoms with E-state index < -0.39 is 6.10 Å². The normalized spacial score (nSPS) is 18.2. The van der Waals surface area contributed by atoms with Crippen LogP contribution >= 0.6 is 0 Å². The van der Waals surface area contributed by atoms with Crippen LogP contribution in [0, 0.1) is 11.7 Å². The number of aryl methyl sites for hydroxylation is 1. The number of Topliss-reactive ketones (excluding diaryl/α,β-unsaturated/α-hetero) is 1. The second-order valence-electron chi connectivity index (χ2n) is 10.2. The molecular formula is C28H34FN7O2. The summed E-state index contributed by atoms with van der Waals surface area (Å²) >= 11 is 0. The molecule has 1 aliphatic rings. The Labute approximate surface area is 221 Å². The molecule has 0 bridgehead atoms. The molecule has 5 rings (SSSR count). The highest BCUT2D eigenvalue weighted by atomic mass is 19.1. The maximum absolute atomic E-state index is 15.1. The smallest absolute Gasteiger partial charge is 0.145 e. The highest BCUT2D eigenvalue weighted by Gasteiger charge is 2.29. The summed E-state index contributed by atoms with van der Waals surface area (Å²) in [6, 6.07) is 7.29. The van der Waals surface area contributed by atoms with Gasteiger partial charge in [0.05, 0.1) is 24.2 Å². The Morgan fingerprint density at radius 3 is 2.76 bits per heavy atom. The Morgan fingerprint density at radius 1 is 1.24 bits per heavy atom. The number of carbonyl (C=O) groups excluding carboxylic acids is 1. The van der Waals surface area contributed by atoms with Gasteiger partial charge in [0.2, 0.25) is 0 Å². The van der Waals surface area contributed by atoms with Gasteiger partial charge in [-0.2, -0.15) is 5.10 Å². The van der Waals surface area contributed by atoms with Crippen molar-refractivity contribution in [2.75, 3.05) is 31.1 Å². The average molecular weight is 520 g/mol. The third-order valence-electron chi connectivity index (χ3n) is 7.35. The minimum Gasteiger partial charge on any atom is -0.391 e. The summed E-state index contributed by atoms with van der Waals surface area (Å²) in [7, 11) is 1.84. The molecule has 2 atom stereocenters. The third kappa shape index (κ3) is 5.46. The van der Waals surface area contributed by atoms with E-state index in [4.69, 9.17) is 0 Å². The number of halogens is 1. The molecule has 2 unspecified atom stereocenters. The van der Waals surface area contributed by atoms with Gasteiger partial charge in [0.15, 0.2) is 0 Å². The number of carbonyl (C=O) groups is 1. The molecule has 38 heavy (non-hydrogen) atoms. The summed E-state index contributed by atoms with van der Waals surface area (Å²) in [5.74, 6) is 0.671. The van der Waals surface area contributed by atoms with E-state index in [1.807, 2.05) is 54.4 Å². The summed E-state index contributed by atoms with van der Waals surface area (Å²) in [6.45, 7) is 6.92. The molecule has 0 aliphatic carbocycles. The largest absolute Gasteiger partial charge is 0.391 e. The van der Waals surface area contributed by atoms with Crippen LogP contribution in [-0.4, -0.2) is 72.4 Å². The van der Waals surface area contributed by atoms with Gasteiger partial charge in [0.25, 0.3) is 0 Å². The van der Waals surface area contributed by atoms with Crippen LogP contribution in [0.15, 0.2) is 49.2 Å². The van der Waals surface area contributed by atoms with Crippen LogP contribution in [-0.2, 0) is 24.9 Å². The van der Waals surface area contributed by atoms with Gasteiger partial charge in [-0.1, -0.05) is 12.1 Å². The quantitative estimate of drug-likeness (QED) is 0.363. The van der Waals surface area contributed by atoms with Crippen LogP contribution in [0.2, 0.25) is 0 Å². The first kappa shape index (κ1) is 26.0. The maximum atomic E-state index is 15.1. The molecule has 1 aromatic carbocycles. The molecule has 1 aliphatic heterocycles. The zero-order valence-electron chi connectivity index (χ0n) is 22.1.